The molecule has 1 spiro atoms. The number of hydrogen-bond donors (Lipinski definition) is 1. The van der Waals surface area contributed by atoms with Gasteiger partial charge in [0.05, 0.1) is 0 Å². The van der Waals surface area contributed by atoms with Gasteiger partial charge >= 0.3 is 6.03 Å². The molecule has 0 aromatic rings. The van der Waals surface area contributed by atoms with Crippen molar-refractivity contribution in [2.75, 3.05) is 19.6 Å². The zero-order valence-corrected chi connectivity index (χ0v) is 17.0. The molecule has 0 bridgehead atoms. The second-order valence-corrected chi connectivity index (χ2v) is 8.84. The Hall–Kier alpha value is -1.59. The van der Waals surface area contributed by atoms with Gasteiger partial charge in [-0.05, 0) is 43.4 Å². The Morgan fingerprint density at radius 2 is 1.69 bits per heavy atom. The third-order valence-electron chi connectivity index (χ3n) is 5.60. The van der Waals surface area contributed by atoms with E-state index < -0.39 is 11.6 Å². The number of rotatable bonds is 7. The van der Waals surface area contributed by atoms with Gasteiger partial charge in [-0.15, -0.1) is 0 Å². The molecule has 1 saturated carbocycles. The van der Waals surface area contributed by atoms with Crippen LogP contribution in [-0.4, -0.2) is 52.8 Å². The molecule has 2 aliphatic rings. The van der Waals surface area contributed by atoms with Gasteiger partial charge in [-0.2, -0.15) is 0 Å². The predicted octanol–water partition coefficient (Wildman–Crippen LogP) is 3.02. The standard InChI is InChI=1S/C20H35N3O3/c1-6-16-7-9-20(10-8-16)18(25)23(19(26)21-20)13-17(24)22(11-14(2)3)12-15(4)5/h14-16H,6-13H2,1-5H3,(H,21,26). The van der Waals surface area contributed by atoms with Crippen LogP contribution in [0.15, 0.2) is 0 Å². The van der Waals surface area contributed by atoms with Crippen LogP contribution < -0.4 is 5.32 Å². The van der Waals surface area contributed by atoms with E-state index in [4.69, 9.17) is 0 Å². The highest BCUT2D eigenvalue weighted by Crippen LogP contribution is 2.37. The second-order valence-electron chi connectivity index (χ2n) is 8.84. The first-order valence-corrected chi connectivity index (χ1v) is 10.1. The van der Waals surface area contributed by atoms with Crippen LogP contribution in [0, 0.1) is 17.8 Å². The van der Waals surface area contributed by atoms with Crippen molar-refractivity contribution in [1.82, 2.24) is 15.1 Å². The summed E-state index contributed by atoms with van der Waals surface area (Å²) in [5, 5.41) is 2.91. The summed E-state index contributed by atoms with van der Waals surface area (Å²) in [4.78, 5) is 41.1. The van der Waals surface area contributed by atoms with Crippen LogP contribution in [0.2, 0.25) is 0 Å². The van der Waals surface area contributed by atoms with Crippen molar-refractivity contribution in [2.45, 2.75) is 72.3 Å². The summed E-state index contributed by atoms with van der Waals surface area (Å²) in [6.45, 7) is 11.6. The normalized spacial score (nSPS) is 26.1. The smallest absolute Gasteiger partial charge is 0.325 e. The SMILES string of the molecule is CCC1CCC2(CC1)NC(=O)N(CC(=O)N(CC(C)C)CC(C)C)C2=O. The van der Waals surface area contributed by atoms with Crippen LogP contribution in [0.1, 0.15) is 66.7 Å². The van der Waals surface area contributed by atoms with E-state index in [-0.39, 0.29) is 18.4 Å². The van der Waals surface area contributed by atoms with Gasteiger partial charge in [-0.1, -0.05) is 41.0 Å². The second kappa shape index (κ2) is 8.40. The van der Waals surface area contributed by atoms with Gasteiger partial charge in [-0.25, -0.2) is 4.79 Å². The molecule has 0 aromatic carbocycles. The average Bonchev–Trinajstić information content (AvgIpc) is 2.78. The van der Waals surface area contributed by atoms with Crippen LogP contribution in [0.5, 0.6) is 0 Å². The summed E-state index contributed by atoms with van der Waals surface area (Å²) in [6.07, 6.45) is 4.39. The third-order valence-corrected chi connectivity index (χ3v) is 5.60. The highest BCUT2D eigenvalue weighted by molar-refractivity contribution is 6.09. The van der Waals surface area contributed by atoms with Crippen molar-refractivity contribution in [2.24, 2.45) is 17.8 Å². The van der Waals surface area contributed by atoms with Gasteiger partial charge in [-0.3, -0.25) is 14.5 Å². The van der Waals surface area contributed by atoms with E-state index >= 15 is 0 Å². The van der Waals surface area contributed by atoms with Crippen LogP contribution in [0.4, 0.5) is 4.79 Å². The van der Waals surface area contributed by atoms with Crippen LogP contribution in [-0.2, 0) is 9.59 Å². The Balaban J connectivity index is 2.05. The van der Waals surface area contributed by atoms with Gasteiger partial charge < -0.3 is 10.2 Å². The Bertz CT molecular complexity index is 526. The summed E-state index contributed by atoms with van der Waals surface area (Å²) < 4.78 is 0. The minimum Gasteiger partial charge on any atom is -0.341 e. The Morgan fingerprint density at radius 3 is 2.15 bits per heavy atom. The van der Waals surface area contributed by atoms with Crippen LogP contribution in [0.25, 0.3) is 0 Å². The third kappa shape index (κ3) is 4.57. The van der Waals surface area contributed by atoms with Crippen molar-refractivity contribution in [3.63, 3.8) is 0 Å². The Morgan fingerprint density at radius 1 is 1.15 bits per heavy atom. The minimum absolute atomic E-state index is 0.143. The molecule has 0 radical (unpaired) electrons. The number of nitrogens with one attached hydrogen (secondary N) is 1. The van der Waals surface area contributed by atoms with E-state index in [1.54, 1.807) is 4.90 Å². The average molecular weight is 366 g/mol. The molecular weight excluding hydrogens is 330 g/mol. The largest absolute Gasteiger partial charge is 0.341 e. The molecule has 1 N–H and O–H groups in total. The summed E-state index contributed by atoms with van der Waals surface area (Å²) in [5.41, 5.74) is -0.774. The number of carbonyl (C=O) groups excluding carboxylic acids is 3. The zero-order valence-electron chi connectivity index (χ0n) is 17.0. The first-order valence-electron chi connectivity index (χ1n) is 10.1. The molecule has 0 atom stereocenters. The van der Waals surface area contributed by atoms with E-state index in [1.165, 1.54) is 0 Å². The molecule has 6 nitrogen and oxygen atoms in total. The fraction of sp³-hybridized carbons (Fsp3) is 0.850. The maximum absolute atomic E-state index is 13.0. The number of imide groups is 1. The first kappa shape index (κ1) is 20.7. The van der Waals surface area contributed by atoms with Crippen LogP contribution >= 0.6 is 0 Å². The summed E-state index contributed by atoms with van der Waals surface area (Å²) in [5.74, 6) is 0.969. The quantitative estimate of drug-likeness (QED) is 0.705. The van der Waals surface area contributed by atoms with Crippen molar-refractivity contribution < 1.29 is 14.4 Å². The van der Waals surface area contributed by atoms with Gasteiger partial charge in [0.2, 0.25) is 5.91 Å². The van der Waals surface area contributed by atoms with Gasteiger partial charge in [0.1, 0.15) is 12.1 Å². The van der Waals surface area contributed by atoms with Crippen molar-refractivity contribution in [3.05, 3.63) is 0 Å². The predicted molar refractivity (Wildman–Crippen MR) is 101 cm³/mol. The number of carbonyl (C=O) groups is 3. The number of urea groups is 1. The first-order chi connectivity index (χ1) is 12.2. The number of nitrogens with zero attached hydrogens (tertiary/aromatic N) is 2. The molecule has 0 unspecified atom stereocenters. The molecule has 2 fully saturated rings. The lowest BCUT2D eigenvalue weighted by Gasteiger charge is -2.34. The van der Waals surface area contributed by atoms with E-state index in [0.717, 1.165) is 24.2 Å². The fourth-order valence-corrected chi connectivity index (χ4v) is 4.13. The monoisotopic (exact) mass is 365 g/mol. The van der Waals surface area contributed by atoms with Gasteiger partial charge in [0.15, 0.2) is 0 Å². The molecule has 0 aromatic heterocycles. The van der Waals surface area contributed by atoms with E-state index in [2.05, 4.69) is 39.9 Å². The highest BCUT2D eigenvalue weighted by atomic mass is 16.2. The number of hydrogen-bond acceptors (Lipinski definition) is 3. The summed E-state index contributed by atoms with van der Waals surface area (Å²) in [6, 6.07) is -0.410. The summed E-state index contributed by atoms with van der Waals surface area (Å²) >= 11 is 0. The molecule has 26 heavy (non-hydrogen) atoms. The topological polar surface area (TPSA) is 69.7 Å². The molecular formula is C20H35N3O3. The summed E-state index contributed by atoms with van der Waals surface area (Å²) in [7, 11) is 0. The van der Waals surface area contributed by atoms with Gasteiger partial charge in [0, 0.05) is 13.1 Å². The molecule has 2 rings (SSSR count). The molecule has 1 heterocycles. The molecule has 6 heteroatoms. The van der Waals surface area contributed by atoms with Gasteiger partial charge in [0.25, 0.3) is 5.91 Å². The highest BCUT2D eigenvalue weighted by Gasteiger charge is 2.52. The lowest BCUT2D eigenvalue weighted by atomic mass is 9.75. The lowest BCUT2D eigenvalue weighted by Crippen LogP contribution is -2.50. The molecule has 1 saturated heterocycles. The Kier molecular flexibility index (Phi) is 6.69. The molecule has 1 aliphatic carbocycles. The van der Waals surface area contributed by atoms with E-state index in [9.17, 15) is 14.4 Å². The molecule has 1 aliphatic heterocycles. The Labute approximate surface area is 157 Å². The molecule has 4 amide bonds. The maximum atomic E-state index is 13.0. The van der Waals surface area contributed by atoms with E-state index in [1.807, 2.05) is 0 Å². The van der Waals surface area contributed by atoms with Crippen LogP contribution in [0.3, 0.4) is 0 Å². The lowest BCUT2D eigenvalue weighted by molar-refractivity contribution is -0.140. The van der Waals surface area contributed by atoms with Crippen molar-refractivity contribution >= 4 is 17.8 Å². The zero-order chi connectivity index (χ0) is 19.5. The van der Waals surface area contributed by atoms with E-state index in [0.29, 0.717) is 43.7 Å². The number of amides is 4. The molecule has 148 valence electrons. The van der Waals surface area contributed by atoms with Crippen molar-refractivity contribution in [1.29, 1.82) is 0 Å². The van der Waals surface area contributed by atoms with Crippen molar-refractivity contribution in [3.8, 4) is 0 Å². The minimum atomic E-state index is -0.774. The maximum Gasteiger partial charge on any atom is 0.325 e. The fourth-order valence-electron chi connectivity index (χ4n) is 4.13.